The van der Waals surface area contributed by atoms with Crippen molar-refractivity contribution in [2.45, 2.75) is 44.9 Å². The van der Waals surface area contributed by atoms with Crippen molar-refractivity contribution in [1.82, 2.24) is 0 Å². The van der Waals surface area contributed by atoms with Gasteiger partial charge in [0.25, 0.3) is 0 Å². The first-order valence-electron chi connectivity index (χ1n) is 8.16. The quantitative estimate of drug-likeness (QED) is 0.823. The Morgan fingerprint density at radius 2 is 2.08 bits per heavy atom. The molecule has 1 amide bonds. The summed E-state index contributed by atoms with van der Waals surface area (Å²) < 4.78 is 24.1. The summed E-state index contributed by atoms with van der Waals surface area (Å²) in [5, 5.41) is 0.592. The number of carbonyl (C=O) groups excluding carboxylic acids is 1. The average Bonchev–Trinajstić information content (AvgIpc) is 2.91. The van der Waals surface area contributed by atoms with E-state index in [1.807, 2.05) is 37.8 Å². The van der Waals surface area contributed by atoms with Crippen LogP contribution in [-0.2, 0) is 14.6 Å². The van der Waals surface area contributed by atoms with Crippen molar-refractivity contribution in [2.75, 3.05) is 16.4 Å². The third-order valence-corrected chi connectivity index (χ3v) is 7.57. The predicted octanol–water partition coefficient (Wildman–Crippen LogP) is 2.70. The van der Waals surface area contributed by atoms with Gasteiger partial charge in [-0.05, 0) is 31.9 Å². The largest absolute Gasteiger partial charge is 0.315 e. The minimum atomic E-state index is -3.03. The average molecular weight is 367 g/mol. The SMILES string of the molecule is CCCC(=O)N=C1S[C@H]2CS(=O)(=O)C[C@@H]2N1c1ccc(C)cc1C. The van der Waals surface area contributed by atoms with E-state index in [9.17, 15) is 13.2 Å². The van der Waals surface area contributed by atoms with Gasteiger partial charge in [-0.1, -0.05) is 36.4 Å². The Morgan fingerprint density at radius 1 is 1.33 bits per heavy atom. The standard InChI is InChI=1S/C17H22N2O3S2/c1-4-5-16(20)18-17-19(13-7-6-11(2)8-12(13)3)14-9-24(21,22)10-15(14)23-17/h6-8,14-15H,4-5,9-10H2,1-3H3/t14-,15-/m0/s1. The normalized spacial score (nSPS) is 26.8. The lowest BCUT2D eigenvalue weighted by atomic mass is 10.1. The smallest absolute Gasteiger partial charge is 0.248 e. The minimum absolute atomic E-state index is 0.0520. The molecule has 7 heteroatoms. The number of aryl methyl sites for hydroxylation is 2. The van der Waals surface area contributed by atoms with Gasteiger partial charge in [0.05, 0.1) is 17.5 Å². The van der Waals surface area contributed by atoms with Gasteiger partial charge in [-0.3, -0.25) is 4.79 Å². The highest BCUT2D eigenvalue weighted by molar-refractivity contribution is 8.16. The zero-order valence-electron chi connectivity index (χ0n) is 14.2. The van der Waals surface area contributed by atoms with Crippen LogP contribution in [0, 0.1) is 13.8 Å². The van der Waals surface area contributed by atoms with Gasteiger partial charge in [0, 0.05) is 17.4 Å². The molecule has 2 aliphatic rings. The number of anilines is 1. The summed E-state index contributed by atoms with van der Waals surface area (Å²) in [6.07, 6.45) is 1.17. The number of rotatable bonds is 3. The monoisotopic (exact) mass is 366 g/mol. The summed E-state index contributed by atoms with van der Waals surface area (Å²) >= 11 is 1.43. The van der Waals surface area contributed by atoms with Gasteiger partial charge >= 0.3 is 0 Å². The molecule has 2 aliphatic heterocycles. The molecule has 130 valence electrons. The van der Waals surface area contributed by atoms with Crippen molar-refractivity contribution in [3.63, 3.8) is 0 Å². The molecule has 0 bridgehead atoms. The summed E-state index contributed by atoms with van der Waals surface area (Å²) in [6, 6.07) is 5.94. The van der Waals surface area contributed by atoms with E-state index in [4.69, 9.17) is 0 Å². The Balaban J connectivity index is 2.03. The molecule has 2 fully saturated rings. The van der Waals surface area contributed by atoms with Crippen molar-refractivity contribution in [3.8, 4) is 0 Å². The first kappa shape index (κ1) is 17.5. The van der Waals surface area contributed by atoms with Crippen molar-refractivity contribution in [2.24, 2.45) is 4.99 Å². The van der Waals surface area contributed by atoms with E-state index >= 15 is 0 Å². The lowest BCUT2D eigenvalue weighted by Gasteiger charge is -2.26. The maximum atomic E-state index is 12.0. The number of sulfone groups is 1. The summed E-state index contributed by atoms with van der Waals surface area (Å²) in [4.78, 5) is 18.3. The molecular weight excluding hydrogens is 344 g/mol. The first-order chi connectivity index (χ1) is 11.3. The molecule has 0 aliphatic carbocycles. The molecule has 0 unspecified atom stereocenters. The maximum Gasteiger partial charge on any atom is 0.248 e. The van der Waals surface area contributed by atoms with E-state index in [0.717, 1.165) is 23.2 Å². The van der Waals surface area contributed by atoms with Gasteiger partial charge in [0.15, 0.2) is 15.0 Å². The molecule has 1 aromatic carbocycles. The van der Waals surface area contributed by atoms with Crippen molar-refractivity contribution < 1.29 is 13.2 Å². The number of hydrogen-bond donors (Lipinski definition) is 0. The van der Waals surface area contributed by atoms with Crippen LogP contribution in [0.3, 0.4) is 0 Å². The molecule has 0 radical (unpaired) electrons. The third kappa shape index (κ3) is 3.37. The van der Waals surface area contributed by atoms with Gasteiger partial charge in [0.1, 0.15) is 0 Å². The number of aliphatic imine (C=N–C) groups is 1. The Kier molecular flexibility index (Phi) is 4.75. The molecule has 0 aromatic heterocycles. The highest BCUT2D eigenvalue weighted by Gasteiger charge is 2.49. The molecule has 2 saturated heterocycles. The lowest BCUT2D eigenvalue weighted by Crippen LogP contribution is -2.38. The molecule has 5 nitrogen and oxygen atoms in total. The topological polar surface area (TPSA) is 66.8 Å². The lowest BCUT2D eigenvalue weighted by molar-refractivity contribution is -0.117. The molecule has 0 N–H and O–H groups in total. The second kappa shape index (κ2) is 6.52. The minimum Gasteiger partial charge on any atom is -0.315 e. The number of hydrogen-bond acceptors (Lipinski definition) is 4. The fourth-order valence-corrected chi connectivity index (χ4v) is 7.22. The van der Waals surface area contributed by atoms with Crippen LogP contribution in [0.25, 0.3) is 0 Å². The number of amidine groups is 1. The maximum absolute atomic E-state index is 12.0. The van der Waals surface area contributed by atoms with Crippen LogP contribution < -0.4 is 4.90 Å². The molecule has 1 aromatic rings. The van der Waals surface area contributed by atoms with Crippen LogP contribution in [0.1, 0.15) is 30.9 Å². The van der Waals surface area contributed by atoms with E-state index in [2.05, 4.69) is 11.1 Å². The Labute approximate surface area is 147 Å². The van der Waals surface area contributed by atoms with Crippen LogP contribution >= 0.6 is 11.8 Å². The van der Waals surface area contributed by atoms with Crippen LogP contribution in [0.15, 0.2) is 23.2 Å². The summed E-state index contributed by atoms with van der Waals surface area (Å²) in [6.45, 7) is 5.98. The summed E-state index contributed by atoms with van der Waals surface area (Å²) in [7, 11) is -3.03. The van der Waals surface area contributed by atoms with Gasteiger partial charge < -0.3 is 4.90 Å². The molecule has 2 heterocycles. The number of benzene rings is 1. The molecular formula is C17H22N2O3S2. The molecule has 24 heavy (non-hydrogen) atoms. The van der Waals surface area contributed by atoms with Crippen LogP contribution in [0.2, 0.25) is 0 Å². The number of fused-ring (bicyclic) bond motifs is 1. The van der Waals surface area contributed by atoms with Gasteiger partial charge in [-0.2, -0.15) is 4.99 Å². The first-order valence-corrected chi connectivity index (χ1v) is 10.9. The van der Waals surface area contributed by atoms with E-state index in [0.29, 0.717) is 11.6 Å². The highest BCUT2D eigenvalue weighted by atomic mass is 32.2. The summed E-state index contributed by atoms with van der Waals surface area (Å²) in [5.74, 6) is 0.140. The fourth-order valence-electron chi connectivity index (χ4n) is 3.30. The van der Waals surface area contributed by atoms with Crippen molar-refractivity contribution >= 4 is 38.4 Å². The fraction of sp³-hybridized carbons (Fsp3) is 0.529. The number of amides is 1. The molecule has 2 atom stereocenters. The van der Waals surface area contributed by atoms with Gasteiger partial charge in [0.2, 0.25) is 5.91 Å². The van der Waals surface area contributed by atoms with E-state index in [1.54, 1.807) is 0 Å². The second-order valence-electron chi connectivity index (χ2n) is 6.50. The van der Waals surface area contributed by atoms with Crippen molar-refractivity contribution in [1.29, 1.82) is 0 Å². The van der Waals surface area contributed by atoms with Crippen LogP contribution in [0.4, 0.5) is 5.69 Å². The van der Waals surface area contributed by atoms with Gasteiger partial charge in [-0.25, -0.2) is 8.42 Å². The Hall–Kier alpha value is -1.34. The Bertz CT molecular complexity index is 802. The zero-order chi connectivity index (χ0) is 17.5. The van der Waals surface area contributed by atoms with Gasteiger partial charge in [-0.15, -0.1) is 0 Å². The van der Waals surface area contributed by atoms with Crippen molar-refractivity contribution in [3.05, 3.63) is 29.3 Å². The highest BCUT2D eigenvalue weighted by Crippen LogP contribution is 2.42. The molecule has 0 saturated carbocycles. The Morgan fingerprint density at radius 3 is 2.75 bits per heavy atom. The molecule has 0 spiro atoms. The number of thioether (sulfide) groups is 1. The number of carbonyl (C=O) groups is 1. The summed E-state index contributed by atoms with van der Waals surface area (Å²) in [5.41, 5.74) is 3.16. The van der Waals surface area contributed by atoms with E-state index in [-0.39, 0.29) is 28.7 Å². The third-order valence-electron chi connectivity index (χ3n) is 4.36. The number of nitrogens with zero attached hydrogens (tertiary/aromatic N) is 2. The second-order valence-corrected chi connectivity index (χ2v) is 9.86. The zero-order valence-corrected chi connectivity index (χ0v) is 15.8. The van der Waals surface area contributed by atoms with Crippen LogP contribution in [-0.4, -0.2) is 42.3 Å². The molecule has 3 rings (SSSR count). The van der Waals surface area contributed by atoms with E-state index < -0.39 is 9.84 Å². The predicted molar refractivity (Wildman–Crippen MR) is 99.6 cm³/mol. The van der Waals surface area contributed by atoms with Crippen LogP contribution in [0.5, 0.6) is 0 Å². The van der Waals surface area contributed by atoms with E-state index in [1.165, 1.54) is 11.8 Å².